The van der Waals surface area contributed by atoms with Crippen molar-refractivity contribution in [3.05, 3.63) is 11.6 Å². The van der Waals surface area contributed by atoms with E-state index < -0.39 is 0 Å². The van der Waals surface area contributed by atoms with Crippen LogP contribution < -0.4 is 5.32 Å². The van der Waals surface area contributed by atoms with Gasteiger partial charge in [0.2, 0.25) is 5.91 Å². The lowest BCUT2D eigenvalue weighted by Crippen LogP contribution is -2.23. The van der Waals surface area contributed by atoms with E-state index in [1.54, 1.807) is 0 Å². The van der Waals surface area contributed by atoms with Gasteiger partial charge in [0.15, 0.2) is 0 Å². The maximum absolute atomic E-state index is 11.1. The Morgan fingerprint density at radius 1 is 1.67 bits per heavy atom. The van der Waals surface area contributed by atoms with E-state index in [0.29, 0.717) is 6.42 Å². The molecule has 2 heteroatoms. The predicted molar refractivity (Wildman–Crippen MR) is 49.9 cm³/mol. The van der Waals surface area contributed by atoms with E-state index in [-0.39, 0.29) is 5.91 Å². The number of carbonyl (C=O) groups excluding carboxylic acids is 1. The number of hydrogen-bond donors (Lipinski definition) is 1. The first-order valence-corrected chi connectivity index (χ1v) is 4.77. The molecule has 0 fully saturated rings. The Morgan fingerprint density at radius 3 is 3.00 bits per heavy atom. The van der Waals surface area contributed by atoms with Gasteiger partial charge in [0.1, 0.15) is 0 Å². The fourth-order valence-corrected chi connectivity index (χ4v) is 1.11. The van der Waals surface area contributed by atoms with Crippen molar-refractivity contribution in [2.75, 3.05) is 6.54 Å². The maximum Gasteiger partial charge on any atom is 0.220 e. The second-order valence-electron chi connectivity index (χ2n) is 3.27. The summed E-state index contributed by atoms with van der Waals surface area (Å²) in [5.74, 6) is 0.207. The molecule has 1 aliphatic carbocycles. The zero-order valence-electron chi connectivity index (χ0n) is 7.73. The fraction of sp³-hybridized carbons (Fsp3) is 0.700. The Bertz CT molecular complexity index is 184. The van der Waals surface area contributed by atoms with Crippen molar-refractivity contribution in [3.8, 4) is 0 Å². The standard InChI is InChI=1S/C10H17NO/c1-2-8-11-10(12)5-3-4-9-6-7-9/h6H,2-5,7-8H2,1H3,(H,11,12). The number of amides is 1. The topological polar surface area (TPSA) is 29.1 Å². The summed E-state index contributed by atoms with van der Waals surface area (Å²) in [5.41, 5.74) is 1.53. The minimum atomic E-state index is 0.207. The molecular formula is C10H17NO. The molecule has 12 heavy (non-hydrogen) atoms. The van der Waals surface area contributed by atoms with Crippen molar-refractivity contribution in [1.29, 1.82) is 0 Å². The highest BCUT2D eigenvalue weighted by Gasteiger charge is 2.07. The van der Waals surface area contributed by atoms with Crippen LogP contribution in [0.25, 0.3) is 0 Å². The minimum Gasteiger partial charge on any atom is -0.356 e. The highest BCUT2D eigenvalue weighted by molar-refractivity contribution is 5.75. The first kappa shape index (κ1) is 9.30. The predicted octanol–water partition coefficient (Wildman–Crippen LogP) is 2.01. The number of carbonyl (C=O) groups is 1. The van der Waals surface area contributed by atoms with Gasteiger partial charge in [-0.3, -0.25) is 4.79 Å². The lowest BCUT2D eigenvalue weighted by Gasteiger charge is -2.01. The van der Waals surface area contributed by atoms with Gasteiger partial charge in [-0.05, 0) is 25.7 Å². The summed E-state index contributed by atoms with van der Waals surface area (Å²) in [6.45, 7) is 2.89. The van der Waals surface area contributed by atoms with Crippen LogP contribution in [0.2, 0.25) is 0 Å². The third kappa shape index (κ3) is 4.16. The first-order valence-electron chi connectivity index (χ1n) is 4.77. The van der Waals surface area contributed by atoms with Gasteiger partial charge in [-0.2, -0.15) is 0 Å². The van der Waals surface area contributed by atoms with E-state index in [1.807, 2.05) is 0 Å². The van der Waals surface area contributed by atoms with E-state index >= 15 is 0 Å². The van der Waals surface area contributed by atoms with Crippen LogP contribution in [0.3, 0.4) is 0 Å². The molecule has 0 aliphatic heterocycles. The van der Waals surface area contributed by atoms with Gasteiger partial charge in [-0.1, -0.05) is 18.6 Å². The third-order valence-electron chi connectivity index (χ3n) is 1.97. The lowest BCUT2D eigenvalue weighted by atomic mass is 10.2. The molecule has 1 amide bonds. The molecule has 1 N–H and O–H groups in total. The number of rotatable bonds is 6. The molecule has 2 nitrogen and oxygen atoms in total. The van der Waals surface area contributed by atoms with E-state index in [4.69, 9.17) is 0 Å². The van der Waals surface area contributed by atoms with Gasteiger partial charge in [-0.15, -0.1) is 0 Å². The number of hydrogen-bond acceptors (Lipinski definition) is 1. The number of allylic oxidation sites excluding steroid dienone is 2. The van der Waals surface area contributed by atoms with Crippen LogP contribution in [0.15, 0.2) is 11.6 Å². The Kier molecular flexibility index (Phi) is 3.85. The van der Waals surface area contributed by atoms with Crippen molar-refractivity contribution in [2.45, 2.75) is 39.0 Å². The summed E-state index contributed by atoms with van der Waals surface area (Å²) in [4.78, 5) is 11.1. The van der Waals surface area contributed by atoms with Gasteiger partial charge in [0.25, 0.3) is 0 Å². The third-order valence-corrected chi connectivity index (χ3v) is 1.97. The summed E-state index contributed by atoms with van der Waals surface area (Å²) < 4.78 is 0. The zero-order valence-corrected chi connectivity index (χ0v) is 7.73. The van der Waals surface area contributed by atoms with Crippen molar-refractivity contribution in [1.82, 2.24) is 5.32 Å². The fourth-order valence-electron chi connectivity index (χ4n) is 1.11. The van der Waals surface area contributed by atoms with Crippen LogP contribution in [-0.4, -0.2) is 12.5 Å². The molecule has 0 unspecified atom stereocenters. The van der Waals surface area contributed by atoms with Gasteiger partial charge in [-0.25, -0.2) is 0 Å². The summed E-state index contributed by atoms with van der Waals surface area (Å²) in [6.07, 6.45) is 7.27. The van der Waals surface area contributed by atoms with Crippen molar-refractivity contribution in [3.63, 3.8) is 0 Å². The summed E-state index contributed by atoms with van der Waals surface area (Å²) in [7, 11) is 0. The second kappa shape index (κ2) is 4.96. The molecule has 0 atom stereocenters. The van der Waals surface area contributed by atoms with E-state index in [1.165, 1.54) is 12.0 Å². The highest BCUT2D eigenvalue weighted by atomic mass is 16.1. The van der Waals surface area contributed by atoms with Crippen molar-refractivity contribution in [2.24, 2.45) is 0 Å². The molecule has 0 heterocycles. The van der Waals surface area contributed by atoms with E-state index in [9.17, 15) is 4.79 Å². The van der Waals surface area contributed by atoms with Crippen LogP contribution >= 0.6 is 0 Å². The molecule has 0 bridgehead atoms. The smallest absolute Gasteiger partial charge is 0.220 e. The SMILES string of the molecule is CCCNC(=O)CCCC1=CC1. The summed E-state index contributed by atoms with van der Waals surface area (Å²) >= 11 is 0. The van der Waals surface area contributed by atoms with Crippen LogP contribution in [0, 0.1) is 0 Å². The molecule has 1 rings (SSSR count). The van der Waals surface area contributed by atoms with Crippen LogP contribution in [0.4, 0.5) is 0 Å². The molecule has 0 radical (unpaired) electrons. The van der Waals surface area contributed by atoms with Gasteiger partial charge in [0, 0.05) is 13.0 Å². The minimum absolute atomic E-state index is 0.207. The average molecular weight is 167 g/mol. The maximum atomic E-state index is 11.1. The largest absolute Gasteiger partial charge is 0.356 e. The van der Waals surface area contributed by atoms with E-state index in [0.717, 1.165) is 25.8 Å². The summed E-state index contributed by atoms with van der Waals surface area (Å²) in [6, 6.07) is 0. The van der Waals surface area contributed by atoms with Gasteiger partial charge >= 0.3 is 0 Å². The molecule has 0 aromatic rings. The van der Waals surface area contributed by atoms with Gasteiger partial charge < -0.3 is 5.32 Å². The van der Waals surface area contributed by atoms with Crippen LogP contribution in [-0.2, 0) is 4.79 Å². The Labute approximate surface area is 74.0 Å². The molecular weight excluding hydrogens is 150 g/mol. The zero-order chi connectivity index (χ0) is 8.81. The Hall–Kier alpha value is -0.790. The molecule has 0 saturated heterocycles. The molecule has 0 saturated carbocycles. The summed E-state index contributed by atoms with van der Waals surface area (Å²) in [5, 5.41) is 2.87. The monoisotopic (exact) mass is 167 g/mol. The first-order chi connectivity index (χ1) is 5.83. The van der Waals surface area contributed by atoms with Crippen LogP contribution in [0.5, 0.6) is 0 Å². The van der Waals surface area contributed by atoms with Gasteiger partial charge in [0.05, 0.1) is 0 Å². The highest BCUT2D eigenvalue weighted by Crippen LogP contribution is 2.23. The number of nitrogens with one attached hydrogen (secondary N) is 1. The van der Waals surface area contributed by atoms with E-state index in [2.05, 4.69) is 18.3 Å². The lowest BCUT2D eigenvalue weighted by molar-refractivity contribution is -0.121. The molecule has 1 aliphatic rings. The van der Waals surface area contributed by atoms with Crippen molar-refractivity contribution >= 4 is 5.91 Å². The van der Waals surface area contributed by atoms with Crippen LogP contribution in [0.1, 0.15) is 39.0 Å². The normalized spacial score (nSPS) is 13.9. The average Bonchev–Trinajstić information content (AvgIpc) is 2.84. The molecule has 68 valence electrons. The molecule has 0 spiro atoms. The molecule has 0 aromatic carbocycles. The van der Waals surface area contributed by atoms with Crippen molar-refractivity contribution < 1.29 is 4.79 Å². The second-order valence-corrected chi connectivity index (χ2v) is 3.27. The quantitative estimate of drug-likeness (QED) is 0.602. The Morgan fingerprint density at radius 2 is 2.42 bits per heavy atom. The molecule has 0 aromatic heterocycles. The Balaban J connectivity index is 1.90.